The van der Waals surface area contributed by atoms with Crippen molar-refractivity contribution in [3.63, 3.8) is 0 Å². The van der Waals surface area contributed by atoms with E-state index in [1.807, 2.05) is 38.2 Å². The van der Waals surface area contributed by atoms with Crippen LogP contribution in [0.5, 0.6) is 5.75 Å². The molecular weight excluding hydrogens is 254 g/mol. The van der Waals surface area contributed by atoms with Crippen LogP contribution in [0.3, 0.4) is 0 Å². The van der Waals surface area contributed by atoms with Gasteiger partial charge in [-0.3, -0.25) is 0 Å². The molecule has 0 aliphatic carbocycles. The van der Waals surface area contributed by atoms with Crippen molar-refractivity contribution in [2.24, 2.45) is 0 Å². The quantitative estimate of drug-likeness (QED) is 0.743. The van der Waals surface area contributed by atoms with Crippen LogP contribution in [0, 0.1) is 0 Å². The summed E-state index contributed by atoms with van der Waals surface area (Å²) in [6.07, 6.45) is 1.08. The zero-order chi connectivity index (χ0) is 15.0. The van der Waals surface area contributed by atoms with Crippen molar-refractivity contribution in [1.29, 1.82) is 0 Å². The summed E-state index contributed by atoms with van der Waals surface area (Å²) in [4.78, 5) is 11.7. The molecule has 0 spiro atoms. The number of carbonyl (C=O) groups excluding carboxylic acids is 1. The first kappa shape index (κ1) is 16.5. The van der Waals surface area contributed by atoms with Crippen LogP contribution in [0.1, 0.15) is 45.2 Å². The van der Waals surface area contributed by atoms with Gasteiger partial charge in [-0.2, -0.15) is 0 Å². The Morgan fingerprint density at radius 3 is 2.25 bits per heavy atom. The zero-order valence-corrected chi connectivity index (χ0v) is 12.8. The van der Waals surface area contributed by atoms with Gasteiger partial charge in [-0.05, 0) is 44.5 Å². The molecule has 0 heterocycles. The topological polar surface area (TPSA) is 47.6 Å². The number of ether oxygens (including phenoxy) is 2. The van der Waals surface area contributed by atoms with Gasteiger partial charge in [-0.1, -0.05) is 26.0 Å². The van der Waals surface area contributed by atoms with Crippen LogP contribution in [-0.2, 0) is 9.53 Å². The van der Waals surface area contributed by atoms with E-state index >= 15 is 0 Å². The third-order valence-corrected chi connectivity index (χ3v) is 3.24. The number of hydrogen-bond acceptors (Lipinski definition) is 4. The summed E-state index contributed by atoms with van der Waals surface area (Å²) in [6, 6.07) is 8.19. The van der Waals surface area contributed by atoms with Gasteiger partial charge in [0.15, 0.2) is 6.10 Å². The van der Waals surface area contributed by atoms with Crippen molar-refractivity contribution in [2.45, 2.75) is 45.8 Å². The molecule has 1 aromatic rings. The lowest BCUT2D eigenvalue weighted by atomic mass is 10.0. The maximum absolute atomic E-state index is 11.7. The summed E-state index contributed by atoms with van der Waals surface area (Å²) >= 11 is 0. The van der Waals surface area contributed by atoms with Crippen molar-refractivity contribution in [2.75, 3.05) is 13.7 Å². The normalized spacial score (nSPS) is 13.6. The molecule has 0 saturated carbocycles. The number of nitrogens with one attached hydrogen (secondary N) is 1. The molecule has 4 heteroatoms. The van der Waals surface area contributed by atoms with Crippen molar-refractivity contribution in [3.05, 3.63) is 29.8 Å². The van der Waals surface area contributed by atoms with E-state index in [0.29, 0.717) is 24.8 Å². The molecule has 0 aliphatic rings. The molecule has 20 heavy (non-hydrogen) atoms. The summed E-state index contributed by atoms with van der Waals surface area (Å²) in [5, 5.41) is 3.26. The number of esters is 1. The highest BCUT2D eigenvalue weighted by Crippen LogP contribution is 2.21. The van der Waals surface area contributed by atoms with Gasteiger partial charge in [0.1, 0.15) is 5.75 Å². The fourth-order valence-electron chi connectivity index (χ4n) is 2.08. The molecular formula is C16H25NO3. The first-order chi connectivity index (χ1) is 9.65. The van der Waals surface area contributed by atoms with Gasteiger partial charge < -0.3 is 14.8 Å². The number of carbonyl (C=O) groups is 1. The van der Waals surface area contributed by atoms with Gasteiger partial charge in [0.2, 0.25) is 0 Å². The molecule has 0 fully saturated rings. The molecule has 2 atom stereocenters. The molecule has 0 aromatic heterocycles. The number of benzene rings is 1. The monoisotopic (exact) mass is 279 g/mol. The fourth-order valence-corrected chi connectivity index (χ4v) is 2.08. The minimum absolute atomic E-state index is 0.305. The Morgan fingerprint density at radius 2 is 1.80 bits per heavy atom. The molecule has 1 rings (SSSR count). The Bertz CT molecular complexity index is 399. The van der Waals surface area contributed by atoms with Crippen LogP contribution in [0.25, 0.3) is 0 Å². The summed E-state index contributed by atoms with van der Waals surface area (Å²) in [5.41, 5.74) is 1.21. The molecule has 0 radical (unpaired) electrons. The second-order valence-corrected chi connectivity index (χ2v) is 4.59. The SMILES string of the molecule is CCOC(=O)C(CC)Oc1ccc(C(CC)NC)cc1. The maximum atomic E-state index is 11.7. The van der Waals surface area contributed by atoms with E-state index in [4.69, 9.17) is 9.47 Å². The van der Waals surface area contributed by atoms with Crippen molar-refractivity contribution < 1.29 is 14.3 Å². The molecule has 0 aliphatic heterocycles. The van der Waals surface area contributed by atoms with Crippen LogP contribution in [0.4, 0.5) is 0 Å². The van der Waals surface area contributed by atoms with Crippen molar-refractivity contribution in [3.8, 4) is 5.75 Å². The molecule has 112 valence electrons. The van der Waals surface area contributed by atoms with Gasteiger partial charge in [0.25, 0.3) is 0 Å². The molecule has 4 nitrogen and oxygen atoms in total. The van der Waals surface area contributed by atoms with E-state index in [-0.39, 0.29) is 5.97 Å². The van der Waals surface area contributed by atoms with Gasteiger partial charge in [0.05, 0.1) is 6.61 Å². The highest BCUT2D eigenvalue weighted by molar-refractivity contribution is 5.75. The standard InChI is InChI=1S/C16H25NO3/c1-5-14(17-4)12-8-10-13(11-9-12)20-15(6-2)16(18)19-7-3/h8-11,14-15,17H,5-7H2,1-4H3. The molecule has 0 saturated heterocycles. The Kier molecular flexibility index (Phi) is 7.09. The van der Waals surface area contributed by atoms with E-state index in [2.05, 4.69) is 12.2 Å². The summed E-state index contributed by atoms with van der Waals surface area (Å²) in [5.74, 6) is 0.389. The first-order valence-corrected chi connectivity index (χ1v) is 7.26. The second-order valence-electron chi connectivity index (χ2n) is 4.59. The van der Waals surface area contributed by atoms with Crippen LogP contribution in [0.2, 0.25) is 0 Å². The van der Waals surface area contributed by atoms with E-state index in [0.717, 1.165) is 6.42 Å². The highest BCUT2D eigenvalue weighted by Gasteiger charge is 2.19. The first-order valence-electron chi connectivity index (χ1n) is 7.26. The third kappa shape index (κ3) is 4.53. The lowest BCUT2D eigenvalue weighted by Gasteiger charge is -2.18. The fraction of sp³-hybridized carbons (Fsp3) is 0.562. The molecule has 0 bridgehead atoms. The Balaban J connectivity index is 2.70. The van der Waals surface area contributed by atoms with Gasteiger partial charge in [-0.25, -0.2) is 4.79 Å². The van der Waals surface area contributed by atoms with Gasteiger partial charge in [0, 0.05) is 6.04 Å². The highest BCUT2D eigenvalue weighted by atomic mass is 16.6. The Labute approximate surface area is 121 Å². The average molecular weight is 279 g/mol. The van der Waals surface area contributed by atoms with Gasteiger partial charge >= 0.3 is 5.97 Å². The van der Waals surface area contributed by atoms with Crippen molar-refractivity contribution in [1.82, 2.24) is 5.32 Å². The van der Waals surface area contributed by atoms with Gasteiger partial charge in [-0.15, -0.1) is 0 Å². The van der Waals surface area contributed by atoms with E-state index < -0.39 is 6.10 Å². The largest absolute Gasteiger partial charge is 0.479 e. The smallest absolute Gasteiger partial charge is 0.347 e. The van der Waals surface area contributed by atoms with E-state index in [1.54, 1.807) is 6.92 Å². The number of hydrogen-bond donors (Lipinski definition) is 1. The summed E-state index contributed by atoms with van der Waals surface area (Å²) < 4.78 is 10.7. The second kappa shape index (κ2) is 8.59. The molecule has 2 unspecified atom stereocenters. The Morgan fingerprint density at radius 1 is 1.15 bits per heavy atom. The zero-order valence-electron chi connectivity index (χ0n) is 12.8. The van der Waals surface area contributed by atoms with Crippen LogP contribution in [-0.4, -0.2) is 25.7 Å². The lowest BCUT2D eigenvalue weighted by molar-refractivity contribution is -0.151. The van der Waals surface area contributed by atoms with Crippen molar-refractivity contribution >= 4 is 5.97 Å². The van der Waals surface area contributed by atoms with Crippen LogP contribution >= 0.6 is 0 Å². The summed E-state index contributed by atoms with van der Waals surface area (Å²) in [6.45, 7) is 6.21. The molecule has 1 aromatic carbocycles. The number of rotatable bonds is 8. The third-order valence-electron chi connectivity index (χ3n) is 3.24. The lowest BCUT2D eigenvalue weighted by Crippen LogP contribution is -2.28. The predicted octanol–water partition coefficient (Wildman–Crippen LogP) is 3.08. The minimum Gasteiger partial charge on any atom is -0.479 e. The minimum atomic E-state index is -0.535. The molecule has 1 N–H and O–H groups in total. The van der Waals surface area contributed by atoms with Crippen LogP contribution in [0.15, 0.2) is 24.3 Å². The van der Waals surface area contributed by atoms with Crippen LogP contribution < -0.4 is 10.1 Å². The summed E-state index contributed by atoms with van der Waals surface area (Å²) in [7, 11) is 1.95. The van der Waals surface area contributed by atoms with E-state index in [9.17, 15) is 4.79 Å². The maximum Gasteiger partial charge on any atom is 0.347 e. The predicted molar refractivity (Wildman–Crippen MR) is 79.9 cm³/mol. The molecule has 0 amide bonds. The Hall–Kier alpha value is -1.55. The van der Waals surface area contributed by atoms with E-state index in [1.165, 1.54) is 5.56 Å². The average Bonchev–Trinajstić information content (AvgIpc) is 2.47.